The second kappa shape index (κ2) is 8.31. The van der Waals surface area contributed by atoms with Crippen LogP contribution in [0.25, 0.3) is 0 Å². The van der Waals surface area contributed by atoms with Crippen molar-refractivity contribution in [3.05, 3.63) is 65.2 Å². The Bertz CT molecular complexity index is 834. The number of halogens is 3. The molecule has 0 heterocycles. The average Bonchev–Trinajstić information content (AvgIpc) is 2.67. The molecule has 0 saturated heterocycles. The Balaban J connectivity index is 2.23. The molecule has 0 fully saturated rings. The molecule has 3 nitrogen and oxygen atoms in total. The molecule has 2 rings (SSSR count). The van der Waals surface area contributed by atoms with Crippen LogP contribution in [0.3, 0.4) is 0 Å². The van der Waals surface area contributed by atoms with Gasteiger partial charge < -0.3 is 0 Å². The van der Waals surface area contributed by atoms with E-state index in [2.05, 4.69) is 16.6 Å². The number of hydrogen-bond donors (Lipinski definition) is 2. The molecule has 0 aromatic heterocycles. The maximum absolute atomic E-state index is 14.9. The quantitative estimate of drug-likeness (QED) is 0.528. The first-order chi connectivity index (χ1) is 12.7. The molecule has 0 amide bonds. The zero-order valence-electron chi connectivity index (χ0n) is 15.1. The van der Waals surface area contributed by atoms with E-state index < -0.39 is 19.6 Å². The van der Waals surface area contributed by atoms with Gasteiger partial charge in [-0.15, -0.1) is 0 Å². The summed E-state index contributed by atoms with van der Waals surface area (Å²) in [6, 6.07) is 12.1. The van der Waals surface area contributed by atoms with Gasteiger partial charge in [-0.2, -0.15) is 8.78 Å². The Labute approximate surface area is 156 Å². The fourth-order valence-corrected chi connectivity index (χ4v) is 4.45. The number of rotatable bonds is 6. The second-order valence-corrected chi connectivity index (χ2v) is 10.9. The standard InChI is InChI=1S/C20H22F3O3P/c1-3-27(24,25,4-2)19(21)17-7-5-6-16(14-17)9-8-15-10-12-18(13-11-15)26-20(22)23/h5-7,10-14,19-20,24-25H,3-4H2,1-2H3. The topological polar surface area (TPSA) is 49.7 Å². The van der Waals surface area contributed by atoms with Crippen LogP contribution in [0.5, 0.6) is 5.75 Å². The summed E-state index contributed by atoms with van der Waals surface area (Å²) < 4.78 is 43.4. The van der Waals surface area contributed by atoms with Crippen molar-refractivity contribution < 1.29 is 27.7 Å². The molecular formula is C20H22F3O3P. The molecule has 146 valence electrons. The van der Waals surface area contributed by atoms with Crippen molar-refractivity contribution in [3.63, 3.8) is 0 Å². The van der Waals surface area contributed by atoms with Crippen LogP contribution in [0.15, 0.2) is 48.5 Å². The summed E-state index contributed by atoms with van der Waals surface area (Å²) >= 11 is 0. The van der Waals surface area contributed by atoms with Gasteiger partial charge in [-0.05, 0) is 0 Å². The summed E-state index contributed by atoms with van der Waals surface area (Å²) in [6.07, 6.45) is -0.0710. The van der Waals surface area contributed by atoms with Crippen molar-refractivity contribution in [2.75, 3.05) is 12.3 Å². The van der Waals surface area contributed by atoms with Crippen LogP contribution in [0.4, 0.5) is 13.2 Å². The van der Waals surface area contributed by atoms with Crippen LogP contribution < -0.4 is 4.74 Å². The number of alkyl halides is 3. The van der Waals surface area contributed by atoms with Gasteiger partial charge in [0.05, 0.1) is 0 Å². The van der Waals surface area contributed by atoms with E-state index in [1.54, 1.807) is 26.0 Å². The third-order valence-electron chi connectivity index (χ3n) is 4.49. The van der Waals surface area contributed by atoms with E-state index >= 15 is 0 Å². The van der Waals surface area contributed by atoms with Crippen LogP contribution in [0, 0.1) is 11.8 Å². The van der Waals surface area contributed by atoms with E-state index in [0.29, 0.717) is 11.1 Å². The molecule has 1 unspecified atom stereocenters. The Morgan fingerprint density at radius 3 is 2.07 bits per heavy atom. The second-order valence-electron chi connectivity index (χ2n) is 6.22. The van der Waals surface area contributed by atoms with E-state index in [0.717, 1.165) is 0 Å². The van der Waals surface area contributed by atoms with Gasteiger partial charge in [-0.3, -0.25) is 0 Å². The number of benzene rings is 2. The first-order valence-corrected chi connectivity index (χ1v) is 11.1. The van der Waals surface area contributed by atoms with E-state index in [1.165, 1.54) is 36.4 Å². The van der Waals surface area contributed by atoms with E-state index in [-0.39, 0.29) is 23.6 Å². The fourth-order valence-electron chi connectivity index (χ4n) is 2.52. The zero-order valence-corrected chi connectivity index (χ0v) is 16.0. The van der Waals surface area contributed by atoms with Crippen molar-refractivity contribution in [1.82, 2.24) is 0 Å². The van der Waals surface area contributed by atoms with Gasteiger partial charge in [0.25, 0.3) is 0 Å². The zero-order chi connectivity index (χ0) is 20.1. The van der Waals surface area contributed by atoms with E-state index in [9.17, 15) is 23.0 Å². The van der Waals surface area contributed by atoms with Gasteiger partial charge in [-0.1, -0.05) is 0 Å². The summed E-state index contributed by atoms with van der Waals surface area (Å²) in [6.45, 7) is 0.249. The molecule has 0 bridgehead atoms. The minimum absolute atomic E-state index is 0.0355. The normalized spacial score (nSPS) is 14.0. The van der Waals surface area contributed by atoms with Crippen molar-refractivity contribution in [2.45, 2.75) is 26.4 Å². The van der Waals surface area contributed by atoms with Crippen LogP contribution in [-0.4, -0.2) is 28.7 Å². The van der Waals surface area contributed by atoms with Gasteiger partial charge in [-0.25, -0.2) is 0 Å². The summed E-state index contributed by atoms with van der Waals surface area (Å²) in [5.41, 5.74) is 1.26. The Morgan fingerprint density at radius 1 is 0.926 bits per heavy atom. The molecule has 2 N–H and O–H groups in total. The molecule has 0 aliphatic carbocycles. The molecule has 2 aromatic rings. The summed E-state index contributed by atoms with van der Waals surface area (Å²) in [5, 5.41) is 0. The van der Waals surface area contributed by atoms with Crippen molar-refractivity contribution in [1.29, 1.82) is 0 Å². The summed E-state index contributed by atoms with van der Waals surface area (Å²) in [5.74, 6) is 3.89. The monoisotopic (exact) mass is 398 g/mol. The van der Waals surface area contributed by atoms with Crippen molar-refractivity contribution in [3.8, 4) is 17.6 Å². The Hall–Kier alpha value is -2.06. The first-order valence-electron chi connectivity index (χ1n) is 8.48. The van der Waals surface area contributed by atoms with E-state index in [4.69, 9.17) is 0 Å². The molecule has 0 spiro atoms. The molecular weight excluding hydrogens is 376 g/mol. The molecule has 7 heteroatoms. The van der Waals surface area contributed by atoms with Crippen molar-refractivity contribution in [2.24, 2.45) is 0 Å². The van der Waals surface area contributed by atoms with Crippen LogP contribution >= 0.6 is 7.06 Å². The molecule has 2 aromatic carbocycles. The first kappa shape index (κ1) is 21.2. The van der Waals surface area contributed by atoms with Crippen LogP contribution in [0.2, 0.25) is 0 Å². The SMILES string of the molecule is CCP(O)(O)(CC)C(F)c1cccc(C#Cc2ccc(OC(F)F)cc2)c1. The van der Waals surface area contributed by atoms with Gasteiger partial charge in [0, 0.05) is 0 Å². The van der Waals surface area contributed by atoms with Gasteiger partial charge in [0.1, 0.15) is 0 Å². The Kier molecular flexibility index (Phi) is 6.54. The Morgan fingerprint density at radius 2 is 1.52 bits per heavy atom. The third-order valence-corrected chi connectivity index (χ3v) is 8.59. The third kappa shape index (κ3) is 5.23. The average molecular weight is 398 g/mol. The molecule has 0 saturated carbocycles. The minimum atomic E-state index is -4.44. The molecule has 0 aliphatic heterocycles. The number of ether oxygens (including phenoxy) is 1. The molecule has 0 aliphatic rings. The predicted octanol–water partition coefficient (Wildman–Crippen LogP) is 5.06. The summed E-state index contributed by atoms with van der Waals surface area (Å²) in [4.78, 5) is 21.0. The van der Waals surface area contributed by atoms with Gasteiger partial charge >= 0.3 is 147 Å². The van der Waals surface area contributed by atoms with Crippen LogP contribution in [0.1, 0.15) is 36.5 Å². The van der Waals surface area contributed by atoms with Gasteiger partial charge in [0.15, 0.2) is 0 Å². The molecule has 27 heavy (non-hydrogen) atoms. The molecule has 0 radical (unpaired) electrons. The number of hydrogen-bond acceptors (Lipinski definition) is 3. The van der Waals surface area contributed by atoms with E-state index in [1.807, 2.05) is 0 Å². The molecule has 1 atom stereocenters. The van der Waals surface area contributed by atoms with Crippen LogP contribution in [-0.2, 0) is 0 Å². The fraction of sp³-hybridized carbons (Fsp3) is 0.300. The van der Waals surface area contributed by atoms with Gasteiger partial charge in [0.2, 0.25) is 0 Å². The van der Waals surface area contributed by atoms with Crippen molar-refractivity contribution >= 4 is 7.06 Å². The summed E-state index contributed by atoms with van der Waals surface area (Å²) in [7, 11) is -4.44. The maximum atomic E-state index is 14.9. The predicted molar refractivity (Wildman–Crippen MR) is 102 cm³/mol.